The summed E-state index contributed by atoms with van der Waals surface area (Å²) in [5, 5.41) is 3.71. The van der Waals surface area contributed by atoms with Gasteiger partial charge in [-0.05, 0) is 55.8 Å². The predicted octanol–water partition coefficient (Wildman–Crippen LogP) is 2.40. The zero-order valence-corrected chi connectivity index (χ0v) is 11.6. The molecule has 3 unspecified atom stereocenters. The predicted molar refractivity (Wildman–Crippen MR) is 78.5 cm³/mol. The fourth-order valence-corrected chi connectivity index (χ4v) is 4.32. The summed E-state index contributed by atoms with van der Waals surface area (Å²) in [6.07, 6.45) is 5.48. The minimum Gasteiger partial charge on any atom is -0.314 e. The van der Waals surface area contributed by atoms with E-state index in [9.17, 15) is 0 Å². The molecule has 0 bridgehead atoms. The molecule has 1 aliphatic carbocycles. The van der Waals surface area contributed by atoms with Gasteiger partial charge in [0.1, 0.15) is 0 Å². The lowest BCUT2D eigenvalue weighted by Gasteiger charge is -2.44. The number of piperidine rings is 2. The van der Waals surface area contributed by atoms with Crippen molar-refractivity contribution in [2.45, 2.75) is 37.6 Å². The van der Waals surface area contributed by atoms with E-state index in [0.29, 0.717) is 0 Å². The van der Waals surface area contributed by atoms with E-state index in [4.69, 9.17) is 0 Å². The molecule has 4 rings (SSSR count). The second kappa shape index (κ2) is 4.92. The van der Waals surface area contributed by atoms with Gasteiger partial charge in [-0.3, -0.25) is 0 Å². The molecule has 3 aliphatic rings. The van der Waals surface area contributed by atoms with Crippen LogP contribution in [0.1, 0.15) is 36.3 Å². The number of hydrogen-bond acceptors (Lipinski definition) is 2. The lowest BCUT2D eigenvalue weighted by Crippen LogP contribution is -2.53. The second-order valence-electron chi connectivity index (χ2n) is 6.61. The van der Waals surface area contributed by atoms with E-state index in [-0.39, 0.29) is 0 Å². The van der Waals surface area contributed by atoms with Gasteiger partial charge in [0.25, 0.3) is 0 Å². The number of rotatable bonds is 2. The van der Waals surface area contributed by atoms with E-state index >= 15 is 0 Å². The molecule has 0 aromatic heterocycles. The van der Waals surface area contributed by atoms with Crippen molar-refractivity contribution in [2.75, 3.05) is 26.2 Å². The van der Waals surface area contributed by atoms with Crippen molar-refractivity contribution in [1.82, 2.24) is 10.2 Å². The molecule has 2 nitrogen and oxygen atoms in total. The van der Waals surface area contributed by atoms with Gasteiger partial charge in [-0.25, -0.2) is 0 Å². The average molecular weight is 256 g/mol. The lowest BCUT2D eigenvalue weighted by atomic mass is 9.76. The first-order valence-electron chi connectivity index (χ1n) is 7.94. The summed E-state index contributed by atoms with van der Waals surface area (Å²) >= 11 is 0. The molecular weight excluding hydrogens is 232 g/mol. The minimum atomic E-state index is 0.810. The molecule has 102 valence electrons. The minimum absolute atomic E-state index is 0.810. The Hall–Kier alpha value is -0.860. The Kier molecular flexibility index (Phi) is 3.08. The number of nitrogens with one attached hydrogen (secondary N) is 1. The van der Waals surface area contributed by atoms with Crippen molar-refractivity contribution in [3.05, 3.63) is 35.4 Å². The maximum atomic E-state index is 3.71. The van der Waals surface area contributed by atoms with E-state index in [1.807, 2.05) is 0 Å². The van der Waals surface area contributed by atoms with Gasteiger partial charge in [-0.2, -0.15) is 0 Å². The molecule has 2 heterocycles. The molecule has 1 aromatic rings. The van der Waals surface area contributed by atoms with Crippen molar-refractivity contribution in [2.24, 2.45) is 5.92 Å². The van der Waals surface area contributed by atoms with Crippen LogP contribution in [-0.4, -0.2) is 37.1 Å². The van der Waals surface area contributed by atoms with Crippen LogP contribution in [0.3, 0.4) is 0 Å². The van der Waals surface area contributed by atoms with Gasteiger partial charge < -0.3 is 10.2 Å². The van der Waals surface area contributed by atoms with Crippen molar-refractivity contribution in [3.8, 4) is 0 Å². The van der Waals surface area contributed by atoms with Crippen molar-refractivity contribution >= 4 is 0 Å². The molecule has 19 heavy (non-hydrogen) atoms. The molecule has 0 amide bonds. The average Bonchev–Trinajstić information content (AvgIpc) is 2.45. The van der Waals surface area contributed by atoms with E-state index in [2.05, 4.69) is 34.5 Å². The van der Waals surface area contributed by atoms with Crippen molar-refractivity contribution < 1.29 is 0 Å². The Labute approximate surface area is 116 Å². The summed E-state index contributed by atoms with van der Waals surface area (Å²) in [7, 11) is 0. The molecule has 0 spiro atoms. The first-order valence-corrected chi connectivity index (χ1v) is 7.94. The first kappa shape index (κ1) is 11.9. The van der Waals surface area contributed by atoms with Gasteiger partial charge >= 0.3 is 0 Å². The molecule has 2 saturated heterocycles. The van der Waals surface area contributed by atoms with Crippen molar-refractivity contribution in [3.63, 3.8) is 0 Å². The SMILES string of the molecule is c1ccc2c(c1)CC2CN1CCC2NCCCC2C1. The summed E-state index contributed by atoms with van der Waals surface area (Å²) < 4.78 is 0. The normalized spacial score (nSPS) is 34.2. The highest BCUT2D eigenvalue weighted by Gasteiger charge is 2.33. The second-order valence-corrected chi connectivity index (χ2v) is 6.61. The Bertz CT molecular complexity index is 456. The maximum absolute atomic E-state index is 3.71. The number of nitrogens with zero attached hydrogens (tertiary/aromatic N) is 1. The third-order valence-electron chi connectivity index (χ3n) is 5.42. The molecule has 1 N–H and O–H groups in total. The highest BCUT2D eigenvalue weighted by molar-refractivity contribution is 5.40. The third kappa shape index (κ3) is 2.21. The molecule has 0 radical (unpaired) electrons. The molecule has 3 atom stereocenters. The summed E-state index contributed by atoms with van der Waals surface area (Å²) in [4.78, 5) is 2.73. The fourth-order valence-electron chi connectivity index (χ4n) is 4.32. The lowest BCUT2D eigenvalue weighted by molar-refractivity contribution is 0.106. The molecule has 0 saturated carbocycles. The van der Waals surface area contributed by atoms with Crippen LogP contribution in [0.25, 0.3) is 0 Å². The van der Waals surface area contributed by atoms with E-state index in [1.54, 1.807) is 11.1 Å². The van der Waals surface area contributed by atoms with Gasteiger partial charge in [0.15, 0.2) is 0 Å². The topological polar surface area (TPSA) is 15.3 Å². The van der Waals surface area contributed by atoms with Crippen LogP contribution in [0.4, 0.5) is 0 Å². The Balaban J connectivity index is 1.37. The number of fused-ring (bicyclic) bond motifs is 2. The molecule has 2 fully saturated rings. The van der Waals surface area contributed by atoms with Gasteiger partial charge in [-0.15, -0.1) is 0 Å². The number of benzene rings is 1. The number of hydrogen-bond donors (Lipinski definition) is 1. The zero-order valence-electron chi connectivity index (χ0n) is 11.6. The number of likely N-dealkylation sites (tertiary alicyclic amines) is 1. The van der Waals surface area contributed by atoms with Gasteiger partial charge in [0.2, 0.25) is 0 Å². The van der Waals surface area contributed by atoms with Gasteiger partial charge in [0.05, 0.1) is 0 Å². The Morgan fingerprint density at radius 1 is 1.21 bits per heavy atom. The molecular formula is C17H24N2. The Morgan fingerprint density at radius 3 is 3.11 bits per heavy atom. The van der Waals surface area contributed by atoms with E-state index in [0.717, 1.165) is 17.9 Å². The van der Waals surface area contributed by atoms with Crippen LogP contribution >= 0.6 is 0 Å². The molecule has 2 aliphatic heterocycles. The van der Waals surface area contributed by atoms with Crippen LogP contribution in [-0.2, 0) is 6.42 Å². The maximum Gasteiger partial charge on any atom is 0.0120 e. The van der Waals surface area contributed by atoms with E-state index in [1.165, 1.54) is 51.9 Å². The van der Waals surface area contributed by atoms with Crippen molar-refractivity contribution in [1.29, 1.82) is 0 Å². The van der Waals surface area contributed by atoms with Gasteiger partial charge in [-0.1, -0.05) is 24.3 Å². The quantitative estimate of drug-likeness (QED) is 0.874. The van der Waals surface area contributed by atoms with Crippen LogP contribution in [0.15, 0.2) is 24.3 Å². The largest absolute Gasteiger partial charge is 0.314 e. The summed E-state index contributed by atoms with van der Waals surface area (Å²) in [6.45, 7) is 5.17. The fraction of sp³-hybridized carbons (Fsp3) is 0.647. The van der Waals surface area contributed by atoms with E-state index < -0.39 is 0 Å². The first-order chi connectivity index (χ1) is 9.40. The summed E-state index contributed by atoms with van der Waals surface area (Å²) in [5.74, 6) is 1.72. The third-order valence-corrected chi connectivity index (χ3v) is 5.42. The zero-order chi connectivity index (χ0) is 12.7. The smallest absolute Gasteiger partial charge is 0.0120 e. The van der Waals surface area contributed by atoms with Crippen LogP contribution in [0.5, 0.6) is 0 Å². The summed E-state index contributed by atoms with van der Waals surface area (Å²) in [6, 6.07) is 9.82. The summed E-state index contributed by atoms with van der Waals surface area (Å²) in [5.41, 5.74) is 3.20. The highest BCUT2D eigenvalue weighted by atomic mass is 15.2. The van der Waals surface area contributed by atoms with Crippen LogP contribution in [0, 0.1) is 5.92 Å². The van der Waals surface area contributed by atoms with Crippen LogP contribution < -0.4 is 5.32 Å². The van der Waals surface area contributed by atoms with Gasteiger partial charge in [0, 0.05) is 25.0 Å². The highest BCUT2D eigenvalue weighted by Crippen LogP contribution is 2.36. The standard InChI is InChI=1S/C17H24N2/c1-2-6-16-13(4-1)10-15(16)12-19-9-7-17-14(11-19)5-3-8-18-17/h1-2,4,6,14-15,17-18H,3,5,7-12H2. The molecule has 2 heteroatoms. The molecule has 1 aromatic carbocycles. The van der Waals surface area contributed by atoms with Crippen LogP contribution in [0.2, 0.25) is 0 Å². The monoisotopic (exact) mass is 256 g/mol. The Morgan fingerprint density at radius 2 is 2.16 bits per heavy atom.